The average Bonchev–Trinajstić information content (AvgIpc) is 2.94. The maximum Gasteiger partial charge on any atom is 0.258 e. The number of amides is 1. The highest BCUT2D eigenvalue weighted by molar-refractivity contribution is 8.00. The van der Waals surface area contributed by atoms with Gasteiger partial charge >= 0.3 is 0 Å². The number of aryl methyl sites for hydroxylation is 1. The number of ether oxygens (including phenoxy) is 1. The summed E-state index contributed by atoms with van der Waals surface area (Å²) in [7, 11) is 1.93. The average molecular weight is 519 g/mol. The predicted octanol–water partition coefficient (Wildman–Crippen LogP) is 6.27. The zero-order chi connectivity index (χ0) is 26.2. The van der Waals surface area contributed by atoms with E-state index in [1.807, 2.05) is 66.8 Å². The second-order valence-corrected chi connectivity index (χ2v) is 9.59. The number of carbonyl (C=O) groups is 1. The quantitative estimate of drug-likeness (QED) is 0.304. The monoisotopic (exact) mass is 518 g/mol. The number of benzene rings is 3. The van der Waals surface area contributed by atoms with Crippen molar-refractivity contribution in [1.82, 2.24) is 10.3 Å². The Morgan fingerprint density at radius 2 is 1.95 bits per heavy atom. The number of fused-ring (bicyclic) bond motifs is 1. The molecule has 0 bridgehead atoms. The van der Waals surface area contributed by atoms with Gasteiger partial charge in [0.2, 0.25) is 0 Å². The van der Waals surface area contributed by atoms with E-state index >= 15 is 0 Å². The summed E-state index contributed by atoms with van der Waals surface area (Å²) in [5.41, 5.74) is 4.05. The molecule has 4 aromatic rings. The number of carbonyl (C=O) groups excluding carboxylic acids is 1. The highest BCUT2D eigenvalue weighted by Gasteiger charge is 2.18. The van der Waals surface area contributed by atoms with Crippen molar-refractivity contribution in [3.8, 4) is 11.3 Å². The smallest absolute Gasteiger partial charge is 0.258 e. The van der Waals surface area contributed by atoms with Gasteiger partial charge in [0.05, 0.1) is 23.6 Å². The standard InChI is InChI=1S/C26H22FN3O2S.C3H9N/c1-17-6-7-19(14-23(17)25-21-5-3-2-4-18(21)10-11-28-25)29-26(31)22-9-8-20(15-24(22)27)30-16-32-12-13-33-30;1-3-4-2/h2-11,14-15H,12-13,16H2,1H3,(H,29,31);4H,3H2,1-2H3. The fourth-order valence-electron chi connectivity index (χ4n) is 3.87. The number of nitrogens with zero attached hydrogens (tertiary/aromatic N) is 2. The van der Waals surface area contributed by atoms with Crippen LogP contribution in [0.1, 0.15) is 22.8 Å². The molecule has 3 aromatic carbocycles. The third-order valence-corrected chi connectivity index (χ3v) is 6.92. The van der Waals surface area contributed by atoms with E-state index in [0.29, 0.717) is 24.7 Å². The van der Waals surface area contributed by atoms with Gasteiger partial charge in [0.25, 0.3) is 5.91 Å². The summed E-state index contributed by atoms with van der Waals surface area (Å²) in [4.78, 5) is 17.5. The van der Waals surface area contributed by atoms with Crippen molar-refractivity contribution in [1.29, 1.82) is 0 Å². The van der Waals surface area contributed by atoms with Crippen LogP contribution in [-0.4, -0.2) is 43.6 Å². The third-order valence-electron chi connectivity index (χ3n) is 5.95. The third kappa shape index (κ3) is 6.46. The molecule has 6 nitrogen and oxygen atoms in total. The fourth-order valence-corrected chi connectivity index (χ4v) is 4.70. The first-order valence-electron chi connectivity index (χ1n) is 12.2. The molecule has 1 aliphatic rings. The van der Waals surface area contributed by atoms with Crippen LogP contribution < -0.4 is 14.9 Å². The van der Waals surface area contributed by atoms with E-state index < -0.39 is 11.7 Å². The van der Waals surface area contributed by atoms with Crippen LogP contribution in [0.25, 0.3) is 22.0 Å². The molecule has 37 heavy (non-hydrogen) atoms. The molecular weight excluding hydrogens is 487 g/mol. The Balaban J connectivity index is 0.000000747. The lowest BCUT2D eigenvalue weighted by Crippen LogP contribution is -2.26. The second kappa shape index (κ2) is 12.7. The van der Waals surface area contributed by atoms with Gasteiger partial charge in [-0.3, -0.25) is 14.1 Å². The molecule has 1 fully saturated rings. The molecule has 2 N–H and O–H groups in total. The molecule has 1 aromatic heterocycles. The summed E-state index contributed by atoms with van der Waals surface area (Å²) < 4.78 is 22.1. The van der Waals surface area contributed by atoms with Gasteiger partial charge in [-0.15, -0.1) is 0 Å². The van der Waals surface area contributed by atoms with Gasteiger partial charge in [0.15, 0.2) is 0 Å². The van der Waals surface area contributed by atoms with E-state index in [1.165, 1.54) is 12.1 Å². The topological polar surface area (TPSA) is 66.5 Å². The second-order valence-electron chi connectivity index (χ2n) is 8.48. The molecule has 1 aliphatic heterocycles. The van der Waals surface area contributed by atoms with Gasteiger partial charge in [0, 0.05) is 28.6 Å². The van der Waals surface area contributed by atoms with Crippen LogP contribution in [0.4, 0.5) is 15.8 Å². The Hall–Kier alpha value is -3.46. The van der Waals surface area contributed by atoms with Gasteiger partial charge in [-0.2, -0.15) is 0 Å². The Morgan fingerprint density at radius 1 is 1.14 bits per heavy atom. The molecule has 8 heteroatoms. The van der Waals surface area contributed by atoms with Crippen LogP contribution >= 0.6 is 11.9 Å². The lowest BCUT2D eigenvalue weighted by Gasteiger charge is -2.27. The number of hydrogen-bond acceptors (Lipinski definition) is 6. The zero-order valence-electron chi connectivity index (χ0n) is 21.3. The van der Waals surface area contributed by atoms with Crippen molar-refractivity contribution in [2.45, 2.75) is 13.8 Å². The van der Waals surface area contributed by atoms with Crippen molar-refractivity contribution < 1.29 is 13.9 Å². The lowest BCUT2D eigenvalue weighted by molar-refractivity contribution is 0.102. The summed E-state index contributed by atoms with van der Waals surface area (Å²) in [6, 6.07) is 20.3. The van der Waals surface area contributed by atoms with Gasteiger partial charge < -0.3 is 15.4 Å². The summed E-state index contributed by atoms with van der Waals surface area (Å²) in [5, 5.41) is 7.89. The summed E-state index contributed by atoms with van der Waals surface area (Å²) in [6.45, 7) is 6.21. The molecule has 192 valence electrons. The number of anilines is 2. The van der Waals surface area contributed by atoms with Crippen LogP contribution in [0, 0.1) is 12.7 Å². The SMILES string of the molecule is CCNC.Cc1ccc(NC(=O)c2ccc(N3COCCS3)cc2F)cc1-c1nccc2ccccc12. The predicted molar refractivity (Wildman–Crippen MR) is 152 cm³/mol. The van der Waals surface area contributed by atoms with Crippen LogP contribution in [0.15, 0.2) is 72.9 Å². The number of rotatable bonds is 5. The van der Waals surface area contributed by atoms with Crippen LogP contribution in [0.2, 0.25) is 0 Å². The molecule has 0 aliphatic carbocycles. The van der Waals surface area contributed by atoms with E-state index in [2.05, 4.69) is 22.5 Å². The van der Waals surface area contributed by atoms with Crippen LogP contribution in [0.3, 0.4) is 0 Å². The van der Waals surface area contributed by atoms with Crippen molar-refractivity contribution in [3.05, 3.63) is 89.9 Å². The largest absolute Gasteiger partial charge is 0.359 e. The van der Waals surface area contributed by atoms with Gasteiger partial charge in [-0.05, 0) is 79.8 Å². The first-order chi connectivity index (χ1) is 18.0. The lowest BCUT2D eigenvalue weighted by atomic mass is 9.99. The van der Waals surface area contributed by atoms with E-state index in [4.69, 9.17) is 4.74 Å². The molecule has 5 rings (SSSR count). The highest BCUT2D eigenvalue weighted by atomic mass is 32.2. The molecule has 0 radical (unpaired) electrons. The normalized spacial score (nSPS) is 13.1. The number of hydrogen-bond donors (Lipinski definition) is 2. The van der Waals surface area contributed by atoms with E-state index in [0.717, 1.165) is 39.9 Å². The highest BCUT2D eigenvalue weighted by Crippen LogP contribution is 2.31. The van der Waals surface area contributed by atoms with E-state index in [-0.39, 0.29) is 5.56 Å². The fraction of sp³-hybridized carbons (Fsp3) is 0.241. The molecule has 1 amide bonds. The van der Waals surface area contributed by atoms with Gasteiger partial charge in [-0.25, -0.2) is 4.39 Å². The Bertz CT molecular complexity index is 1370. The molecule has 0 atom stereocenters. The van der Waals surface area contributed by atoms with E-state index in [1.54, 1.807) is 24.2 Å². The first kappa shape index (κ1) is 26.6. The Kier molecular flexibility index (Phi) is 9.11. The van der Waals surface area contributed by atoms with Crippen molar-refractivity contribution in [2.75, 3.05) is 42.3 Å². The van der Waals surface area contributed by atoms with Crippen LogP contribution in [0.5, 0.6) is 0 Å². The van der Waals surface area contributed by atoms with Gasteiger partial charge in [-0.1, -0.05) is 37.3 Å². The Morgan fingerprint density at radius 3 is 2.68 bits per heavy atom. The van der Waals surface area contributed by atoms with E-state index in [9.17, 15) is 9.18 Å². The molecule has 2 heterocycles. The maximum absolute atomic E-state index is 14.8. The van der Waals surface area contributed by atoms with Crippen LogP contribution in [-0.2, 0) is 4.74 Å². The van der Waals surface area contributed by atoms with Gasteiger partial charge in [0.1, 0.15) is 12.5 Å². The minimum absolute atomic E-state index is 0.00733. The molecule has 0 unspecified atom stereocenters. The molecule has 0 spiro atoms. The number of halogens is 1. The van der Waals surface area contributed by atoms with Crippen molar-refractivity contribution >= 4 is 40.0 Å². The Labute approximate surface area is 221 Å². The molecule has 1 saturated heterocycles. The molecule has 0 saturated carbocycles. The first-order valence-corrected chi connectivity index (χ1v) is 13.1. The minimum Gasteiger partial charge on any atom is -0.359 e. The van der Waals surface area contributed by atoms with Crippen molar-refractivity contribution in [2.24, 2.45) is 0 Å². The van der Waals surface area contributed by atoms with Crippen molar-refractivity contribution in [3.63, 3.8) is 0 Å². The number of pyridine rings is 1. The summed E-state index contributed by atoms with van der Waals surface area (Å²) in [5.74, 6) is -0.257. The molecular formula is C29H31FN4O2S. The maximum atomic E-state index is 14.8. The summed E-state index contributed by atoms with van der Waals surface area (Å²) >= 11 is 1.58. The zero-order valence-corrected chi connectivity index (χ0v) is 22.1. The number of aromatic nitrogens is 1. The number of nitrogens with one attached hydrogen (secondary N) is 2. The minimum atomic E-state index is -0.570. The summed E-state index contributed by atoms with van der Waals surface area (Å²) in [6.07, 6.45) is 1.78.